The van der Waals surface area contributed by atoms with Crippen LogP contribution in [0.4, 0.5) is 0 Å². The molecule has 1 aliphatic rings. The second kappa shape index (κ2) is 10.3. The maximum Gasteiger partial charge on any atom is 0.241 e. The molecule has 1 aliphatic heterocycles. The summed E-state index contributed by atoms with van der Waals surface area (Å²) < 4.78 is 41.6. The zero-order valence-electron chi connectivity index (χ0n) is 21.4. The second-order valence-corrected chi connectivity index (χ2v) is 17.0. The van der Waals surface area contributed by atoms with Crippen molar-refractivity contribution in [2.45, 2.75) is 70.3 Å². The molecule has 1 unspecified atom stereocenters. The van der Waals surface area contributed by atoms with E-state index >= 15 is 0 Å². The number of hydrogen-bond donors (Lipinski definition) is 1. The first-order valence-electron chi connectivity index (χ1n) is 11.7. The van der Waals surface area contributed by atoms with E-state index in [1.54, 1.807) is 24.3 Å². The Bertz CT molecular complexity index is 1190. The zero-order chi connectivity index (χ0) is 25.1. The van der Waals surface area contributed by atoms with Gasteiger partial charge in [0.05, 0.1) is 30.8 Å². The van der Waals surface area contributed by atoms with E-state index in [1.165, 1.54) is 0 Å². The van der Waals surface area contributed by atoms with Gasteiger partial charge in [0.25, 0.3) is 0 Å². The molecule has 1 atom stereocenters. The second-order valence-electron chi connectivity index (χ2n) is 10.5. The normalized spacial score (nSPS) is 15.4. The Morgan fingerprint density at radius 2 is 1.76 bits per heavy atom. The van der Waals surface area contributed by atoms with Crippen molar-refractivity contribution in [1.29, 1.82) is 0 Å². The molecule has 2 aromatic rings. The minimum Gasteiger partial charge on any atom is -0.415 e. The minimum atomic E-state index is -3.74. The summed E-state index contributed by atoms with van der Waals surface area (Å²) in [5.74, 6) is 0. The molecule has 0 radical (unpaired) electrons. The Kier molecular flexibility index (Phi) is 8.08. The van der Waals surface area contributed by atoms with Crippen LogP contribution in [0, 0.1) is 6.92 Å². The highest BCUT2D eigenvalue weighted by Crippen LogP contribution is 2.36. The summed E-state index contributed by atoms with van der Waals surface area (Å²) >= 11 is 0. The molecule has 0 amide bonds. The van der Waals surface area contributed by atoms with Gasteiger partial charge in [0, 0.05) is 5.57 Å². The molecule has 184 valence electrons. The van der Waals surface area contributed by atoms with Crippen LogP contribution in [0.1, 0.15) is 44.4 Å². The number of sulfonamides is 1. The van der Waals surface area contributed by atoms with Crippen LogP contribution in [-0.2, 0) is 25.8 Å². The average Bonchev–Trinajstić information content (AvgIpc) is 2.76. The van der Waals surface area contributed by atoms with Crippen LogP contribution in [0.5, 0.6) is 0 Å². The van der Waals surface area contributed by atoms with Crippen molar-refractivity contribution in [3.8, 4) is 0 Å². The van der Waals surface area contributed by atoms with Crippen LogP contribution in [-0.4, -0.2) is 36.0 Å². The predicted molar refractivity (Wildman–Crippen MR) is 141 cm³/mol. The first-order valence-corrected chi connectivity index (χ1v) is 16.0. The highest BCUT2D eigenvalue weighted by molar-refractivity contribution is 7.89. The Labute approximate surface area is 206 Å². The van der Waals surface area contributed by atoms with Gasteiger partial charge in [-0.2, -0.15) is 0 Å². The Morgan fingerprint density at radius 1 is 1.12 bits per heavy atom. The molecular formula is C27H37NO4SSi. The van der Waals surface area contributed by atoms with E-state index in [0.717, 1.165) is 27.8 Å². The third-order valence-corrected chi connectivity index (χ3v) is 12.8. The van der Waals surface area contributed by atoms with Crippen molar-refractivity contribution >= 4 is 23.9 Å². The molecule has 0 bridgehead atoms. The van der Waals surface area contributed by atoms with Crippen LogP contribution >= 0.6 is 0 Å². The maximum absolute atomic E-state index is 13.2. The van der Waals surface area contributed by atoms with E-state index in [0.29, 0.717) is 13.2 Å². The zero-order valence-corrected chi connectivity index (χ0v) is 23.2. The van der Waals surface area contributed by atoms with E-state index in [9.17, 15) is 8.42 Å². The molecular weight excluding hydrogens is 462 g/mol. The summed E-state index contributed by atoms with van der Waals surface area (Å²) in [5, 5.41) is 0.0135. The van der Waals surface area contributed by atoms with Gasteiger partial charge in [-0.05, 0) is 60.8 Å². The van der Waals surface area contributed by atoms with Gasteiger partial charge in [-0.25, -0.2) is 13.1 Å². The summed E-state index contributed by atoms with van der Waals surface area (Å²) in [6.45, 7) is 15.9. The SMILES string of the molecule is CC(=C=C1COCc2ccccc21)C(CO[Si](C)(C)C(C)(C)C)NS(=O)(=O)c1ccc(C)cc1. The number of ether oxygens (including phenoxy) is 1. The lowest BCUT2D eigenvalue weighted by Crippen LogP contribution is -2.46. The largest absolute Gasteiger partial charge is 0.415 e. The number of aryl methyl sites for hydroxylation is 1. The van der Waals surface area contributed by atoms with E-state index in [4.69, 9.17) is 9.16 Å². The molecule has 34 heavy (non-hydrogen) atoms. The van der Waals surface area contributed by atoms with Crippen LogP contribution in [0.15, 0.2) is 64.7 Å². The smallest absolute Gasteiger partial charge is 0.241 e. The van der Waals surface area contributed by atoms with Crippen molar-refractivity contribution in [3.63, 3.8) is 0 Å². The topological polar surface area (TPSA) is 64.6 Å². The Hall–Kier alpha value is -1.99. The molecule has 0 saturated heterocycles. The average molecular weight is 500 g/mol. The number of benzene rings is 2. The van der Waals surface area contributed by atoms with E-state index in [1.807, 2.05) is 32.0 Å². The van der Waals surface area contributed by atoms with Crippen molar-refractivity contribution in [1.82, 2.24) is 4.72 Å². The fourth-order valence-electron chi connectivity index (χ4n) is 3.44. The molecule has 7 heteroatoms. The van der Waals surface area contributed by atoms with Crippen molar-refractivity contribution in [2.24, 2.45) is 0 Å². The van der Waals surface area contributed by atoms with Crippen molar-refractivity contribution < 1.29 is 17.6 Å². The van der Waals surface area contributed by atoms with E-state index in [-0.39, 0.29) is 16.5 Å². The lowest BCUT2D eigenvalue weighted by Gasteiger charge is -2.37. The van der Waals surface area contributed by atoms with E-state index < -0.39 is 24.4 Å². The summed E-state index contributed by atoms with van der Waals surface area (Å²) in [6.07, 6.45) is 0. The Morgan fingerprint density at radius 3 is 2.41 bits per heavy atom. The highest BCUT2D eigenvalue weighted by atomic mass is 32.2. The van der Waals surface area contributed by atoms with Gasteiger partial charge in [0.1, 0.15) is 0 Å². The van der Waals surface area contributed by atoms with Crippen LogP contribution in [0.2, 0.25) is 18.1 Å². The molecule has 0 spiro atoms. The minimum absolute atomic E-state index is 0.0135. The van der Waals surface area contributed by atoms with Crippen molar-refractivity contribution in [2.75, 3.05) is 13.2 Å². The summed E-state index contributed by atoms with van der Waals surface area (Å²) in [6, 6.07) is 14.4. The van der Waals surface area contributed by atoms with Crippen LogP contribution in [0.25, 0.3) is 5.57 Å². The summed E-state index contributed by atoms with van der Waals surface area (Å²) in [4.78, 5) is 0.238. The van der Waals surface area contributed by atoms with Gasteiger partial charge >= 0.3 is 0 Å². The molecule has 0 fully saturated rings. The molecule has 3 rings (SSSR count). The maximum atomic E-state index is 13.2. The first kappa shape index (κ1) is 26.6. The summed E-state index contributed by atoms with van der Waals surface area (Å²) in [7, 11) is -5.83. The number of nitrogens with one attached hydrogen (secondary N) is 1. The van der Waals surface area contributed by atoms with E-state index in [2.05, 4.69) is 50.4 Å². The lowest BCUT2D eigenvalue weighted by atomic mass is 9.98. The quantitative estimate of drug-likeness (QED) is 0.385. The molecule has 2 aromatic carbocycles. The molecule has 0 aromatic heterocycles. The third kappa shape index (κ3) is 6.36. The highest BCUT2D eigenvalue weighted by Gasteiger charge is 2.38. The number of hydrogen-bond acceptors (Lipinski definition) is 4. The fraction of sp³-hybridized carbons (Fsp3) is 0.444. The van der Waals surface area contributed by atoms with Crippen molar-refractivity contribution in [3.05, 3.63) is 76.5 Å². The molecule has 5 nitrogen and oxygen atoms in total. The lowest BCUT2D eigenvalue weighted by molar-refractivity contribution is 0.146. The van der Waals surface area contributed by atoms with Gasteiger partial charge in [0.2, 0.25) is 10.0 Å². The van der Waals surface area contributed by atoms with Crippen LogP contribution in [0.3, 0.4) is 0 Å². The fourth-order valence-corrected chi connectivity index (χ4v) is 5.70. The molecule has 0 aliphatic carbocycles. The molecule has 1 heterocycles. The molecule has 1 N–H and O–H groups in total. The standard InChI is InChI=1S/C27H37NO4SSi/c1-20-12-14-24(15-13-20)33(29,30)28-26(19-32-34(6,7)27(3,4)5)21(2)16-23-18-31-17-22-10-8-9-11-25(22)23/h8-15,26,28H,17-19H2,1-7H3. The van der Waals surface area contributed by atoms with Gasteiger partial charge < -0.3 is 9.16 Å². The van der Waals surface area contributed by atoms with Crippen LogP contribution < -0.4 is 4.72 Å². The van der Waals surface area contributed by atoms with Gasteiger partial charge in [-0.1, -0.05) is 62.7 Å². The Balaban J connectivity index is 1.99. The van der Waals surface area contributed by atoms with Gasteiger partial charge in [-0.3, -0.25) is 0 Å². The van der Waals surface area contributed by atoms with Gasteiger partial charge in [0.15, 0.2) is 8.32 Å². The van der Waals surface area contributed by atoms with Gasteiger partial charge in [-0.15, -0.1) is 5.73 Å². The number of rotatable bonds is 7. The monoisotopic (exact) mass is 499 g/mol. The first-order chi connectivity index (χ1) is 15.8. The third-order valence-electron chi connectivity index (χ3n) is 6.76. The molecule has 0 saturated carbocycles. The predicted octanol–water partition coefficient (Wildman–Crippen LogP) is 5.82. The number of fused-ring (bicyclic) bond motifs is 1. The summed E-state index contributed by atoms with van der Waals surface area (Å²) in [5.41, 5.74) is 8.35.